The van der Waals surface area contributed by atoms with Crippen molar-refractivity contribution < 1.29 is 9.90 Å². The van der Waals surface area contributed by atoms with E-state index in [1.807, 2.05) is 56.3 Å². The van der Waals surface area contributed by atoms with Crippen molar-refractivity contribution in [2.45, 2.75) is 32.7 Å². The van der Waals surface area contributed by atoms with Gasteiger partial charge in [-0.05, 0) is 42.9 Å². The number of amides is 1. The average molecular weight is 311 g/mol. The van der Waals surface area contributed by atoms with Crippen molar-refractivity contribution in [3.63, 3.8) is 0 Å². The number of carbonyl (C=O) groups is 1. The third-order valence-corrected chi connectivity index (χ3v) is 4.29. The molecule has 2 rings (SSSR count). The Balaban J connectivity index is 2.06. The Hall–Kier alpha value is -2.13. The molecule has 0 aliphatic carbocycles. The van der Waals surface area contributed by atoms with Crippen LogP contribution in [-0.2, 0) is 12.8 Å². The normalized spacial score (nSPS) is 13.3. The highest BCUT2D eigenvalue weighted by Gasteiger charge is 2.17. The Labute approximate surface area is 138 Å². The van der Waals surface area contributed by atoms with Crippen LogP contribution in [0.5, 0.6) is 0 Å². The maximum absolute atomic E-state index is 12.5. The molecule has 0 fully saturated rings. The van der Waals surface area contributed by atoms with Gasteiger partial charge < -0.3 is 10.4 Å². The maximum Gasteiger partial charge on any atom is 0.251 e. The minimum absolute atomic E-state index is 0.0374. The average Bonchev–Trinajstić information content (AvgIpc) is 2.60. The summed E-state index contributed by atoms with van der Waals surface area (Å²) in [5, 5.41) is 12.2. The van der Waals surface area contributed by atoms with Crippen LogP contribution in [0.15, 0.2) is 54.6 Å². The molecule has 1 amide bonds. The quantitative estimate of drug-likeness (QED) is 0.825. The molecule has 0 saturated heterocycles. The minimum Gasteiger partial charge on any atom is -0.396 e. The standard InChI is InChI=1S/C20H25NO2/c1-15(14-22)16(2)21-20(23)19-11-7-6-10-18(19)13-12-17-8-4-3-5-9-17/h3-11,15-16,22H,12-14H2,1-2H3,(H,21,23). The van der Waals surface area contributed by atoms with Crippen molar-refractivity contribution >= 4 is 5.91 Å². The number of aliphatic hydroxyl groups is 1. The van der Waals surface area contributed by atoms with Crippen molar-refractivity contribution in [3.8, 4) is 0 Å². The van der Waals surface area contributed by atoms with Crippen molar-refractivity contribution in [2.24, 2.45) is 5.92 Å². The van der Waals surface area contributed by atoms with Crippen LogP contribution in [0.3, 0.4) is 0 Å². The van der Waals surface area contributed by atoms with Gasteiger partial charge in [-0.3, -0.25) is 4.79 Å². The highest BCUT2D eigenvalue weighted by atomic mass is 16.3. The van der Waals surface area contributed by atoms with E-state index in [2.05, 4.69) is 17.4 Å². The first-order valence-electron chi connectivity index (χ1n) is 8.15. The zero-order valence-electron chi connectivity index (χ0n) is 13.8. The number of hydrogen-bond acceptors (Lipinski definition) is 2. The van der Waals surface area contributed by atoms with E-state index in [0.29, 0.717) is 0 Å². The minimum atomic E-state index is -0.0681. The van der Waals surface area contributed by atoms with Crippen molar-refractivity contribution in [2.75, 3.05) is 6.61 Å². The molecular weight excluding hydrogens is 286 g/mol. The number of aliphatic hydroxyl groups excluding tert-OH is 1. The van der Waals surface area contributed by atoms with Gasteiger partial charge in [-0.2, -0.15) is 0 Å². The first-order valence-corrected chi connectivity index (χ1v) is 8.15. The van der Waals surface area contributed by atoms with Gasteiger partial charge in [0.15, 0.2) is 0 Å². The molecule has 0 spiro atoms. The molecule has 0 saturated carbocycles. The molecule has 2 unspecified atom stereocenters. The smallest absolute Gasteiger partial charge is 0.251 e. The molecule has 23 heavy (non-hydrogen) atoms. The van der Waals surface area contributed by atoms with Crippen LogP contribution in [0, 0.1) is 5.92 Å². The Kier molecular flexibility index (Phi) is 6.36. The summed E-state index contributed by atoms with van der Waals surface area (Å²) in [4.78, 5) is 12.5. The summed E-state index contributed by atoms with van der Waals surface area (Å²) in [6, 6.07) is 18.0. The summed E-state index contributed by atoms with van der Waals surface area (Å²) < 4.78 is 0. The van der Waals surface area contributed by atoms with E-state index >= 15 is 0 Å². The van der Waals surface area contributed by atoms with Crippen molar-refractivity contribution in [1.82, 2.24) is 5.32 Å². The third-order valence-electron chi connectivity index (χ3n) is 4.29. The van der Waals surface area contributed by atoms with Gasteiger partial charge in [0.2, 0.25) is 0 Å². The van der Waals surface area contributed by atoms with E-state index in [0.717, 1.165) is 24.0 Å². The van der Waals surface area contributed by atoms with Gasteiger partial charge >= 0.3 is 0 Å². The second-order valence-corrected chi connectivity index (χ2v) is 6.06. The molecule has 0 aliphatic heterocycles. The molecule has 3 heteroatoms. The maximum atomic E-state index is 12.5. The monoisotopic (exact) mass is 311 g/mol. The molecule has 0 aromatic heterocycles. The molecule has 2 N–H and O–H groups in total. The molecule has 0 aliphatic rings. The predicted molar refractivity (Wildman–Crippen MR) is 93.5 cm³/mol. The fourth-order valence-corrected chi connectivity index (χ4v) is 2.47. The Morgan fingerprint density at radius 3 is 2.35 bits per heavy atom. The predicted octanol–water partition coefficient (Wildman–Crippen LogP) is 3.22. The van der Waals surface area contributed by atoms with Crippen molar-refractivity contribution in [3.05, 3.63) is 71.3 Å². The lowest BCUT2D eigenvalue weighted by molar-refractivity contribution is 0.0915. The van der Waals surface area contributed by atoms with E-state index in [-0.39, 0.29) is 24.5 Å². The largest absolute Gasteiger partial charge is 0.396 e. The number of nitrogens with one attached hydrogen (secondary N) is 1. The number of carbonyl (C=O) groups excluding carboxylic acids is 1. The summed E-state index contributed by atoms with van der Waals surface area (Å²) in [6.45, 7) is 3.91. The number of benzene rings is 2. The fraction of sp³-hybridized carbons (Fsp3) is 0.350. The van der Waals surface area contributed by atoms with E-state index in [1.165, 1.54) is 5.56 Å². The lowest BCUT2D eigenvalue weighted by Crippen LogP contribution is -2.38. The topological polar surface area (TPSA) is 49.3 Å². The molecule has 122 valence electrons. The number of aryl methyl sites for hydroxylation is 2. The van der Waals surface area contributed by atoms with Gasteiger partial charge in [0.1, 0.15) is 0 Å². The van der Waals surface area contributed by atoms with Crippen LogP contribution < -0.4 is 5.32 Å². The zero-order chi connectivity index (χ0) is 16.7. The first-order chi connectivity index (χ1) is 11.1. The highest BCUT2D eigenvalue weighted by Crippen LogP contribution is 2.14. The molecule has 2 aromatic rings. The Morgan fingerprint density at radius 2 is 1.65 bits per heavy atom. The van der Waals surface area contributed by atoms with Gasteiger partial charge in [0, 0.05) is 18.2 Å². The van der Waals surface area contributed by atoms with Crippen LogP contribution in [-0.4, -0.2) is 23.7 Å². The van der Waals surface area contributed by atoms with E-state index in [9.17, 15) is 9.90 Å². The summed E-state index contributed by atoms with van der Waals surface area (Å²) >= 11 is 0. The second kappa shape index (κ2) is 8.49. The van der Waals surface area contributed by atoms with Gasteiger partial charge in [-0.15, -0.1) is 0 Å². The summed E-state index contributed by atoms with van der Waals surface area (Å²) in [7, 11) is 0. The number of hydrogen-bond donors (Lipinski definition) is 2. The van der Waals surface area contributed by atoms with Crippen LogP contribution in [0.25, 0.3) is 0 Å². The van der Waals surface area contributed by atoms with Crippen LogP contribution in [0.1, 0.15) is 35.3 Å². The summed E-state index contributed by atoms with van der Waals surface area (Å²) in [6.07, 6.45) is 1.74. The second-order valence-electron chi connectivity index (χ2n) is 6.06. The lowest BCUT2D eigenvalue weighted by Gasteiger charge is -2.20. The SMILES string of the molecule is CC(CO)C(C)NC(=O)c1ccccc1CCc1ccccc1. The summed E-state index contributed by atoms with van der Waals surface area (Å²) in [5.41, 5.74) is 3.04. The molecule has 0 heterocycles. The molecule has 0 bridgehead atoms. The first kappa shape index (κ1) is 17.2. The highest BCUT2D eigenvalue weighted by molar-refractivity contribution is 5.95. The zero-order valence-corrected chi connectivity index (χ0v) is 13.8. The summed E-state index contributed by atoms with van der Waals surface area (Å²) in [5.74, 6) is -0.0307. The molecular formula is C20H25NO2. The van der Waals surface area contributed by atoms with Crippen LogP contribution in [0.4, 0.5) is 0 Å². The lowest BCUT2D eigenvalue weighted by atomic mass is 9.98. The number of rotatable bonds is 7. The third kappa shape index (κ3) is 4.93. The van der Waals surface area contributed by atoms with E-state index in [4.69, 9.17) is 0 Å². The van der Waals surface area contributed by atoms with Crippen LogP contribution >= 0.6 is 0 Å². The van der Waals surface area contributed by atoms with E-state index < -0.39 is 0 Å². The van der Waals surface area contributed by atoms with Crippen LogP contribution in [0.2, 0.25) is 0 Å². The van der Waals surface area contributed by atoms with E-state index in [1.54, 1.807) is 0 Å². The molecule has 2 aromatic carbocycles. The van der Waals surface area contributed by atoms with Gasteiger partial charge in [0.05, 0.1) is 0 Å². The van der Waals surface area contributed by atoms with Gasteiger partial charge in [-0.25, -0.2) is 0 Å². The van der Waals surface area contributed by atoms with Gasteiger partial charge in [0.25, 0.3) is 5.91 Å². The molecule has 3 nitrogen and oxygen atoms in total. The van der Waals surface area contributed by atoms with Crippen molar-refractivity contribution in [1.29, 1.82) is 0 Å². The molecule has 2 atom stereocenters. The fourth-order valence-electron chi connectivity index (χ4n) is 2.47. The Bertz CT molecular complexity index is 625. The van der Waals surface area contributed by atoms with Gasteiger partial charge in [-0.1, -0.05) is 55.5 Å². The molecule has 0 radical (unpaired) electrons. The Morgan fingerprint density at radius 1 is 1.00 bits per heavy atom.